The summed E-state index contributed by atoms with van der Waals surface area (Å²) >= 11 is 5.39. The maximum atomic E-state index is 11.0. The fraction of sp³-hybridized carbons (Fsp3) is 0.176. The van der Waals surface area contributed by atoms with Gasteiger partial charge in [-0.1, -0.05) is 24.3 Å². The van der Waals surface area contributed by atoms with Gasteiger partial charge in [0.1, 0.15) is 0 Å². The maximum Gasteiger partial charge on any atom is 1.00 e. The summed E-state index contributed by atoms with van der Waals surface area (Å²) in [5.41, 5.74) is 8.89. The molecule has 5 heterocycles. The summed E-state index contributed by atoms with van der Waals surface area (Å²) in [4.78, 5) is 23.7. The van der Waals surface area contributed by atoms with Gasteiger partial charge < -0.3 is 4.98 Å². The zero-order valence-electron chi connectivity index (χ0n) is 25.4. The van der Waals surface area contributed by atoms with Crippen molar-refractivity contribution in [2.24, 2.45) is 0 Å². The van der Waals surface area contributed by atoms with Crippen LogP contribution in [0, 0.1) is 47.6 Å². The number of rotatable bonds is 4. The van der Waals surface area contributed by atoms with Crippen molar-refractivity contribution in [2.45, 2.75) is 41.5 Å². The van der Waals surface area contributed by atoms with E-state index in [-0.39, 0.29) is 19.8 Å². The van der Waals surface area contributed by atoms with Crippen molar-refractivity contribution in [2.75, 3.05) is 0 Å². The van der Waals surface area contributed by atoms with Gasteiger partial charge in [-0.15, -0.1) is 29.8 Å². The Morgan fingerprint density at radius 1 is 0.682 bits per heavy atom. The molecule has 6 aromatic rings. The molecular formula is C34H33ClN7OOs. The van der Waals surface area contributed by atoms with Gasteiger partial charge in [-0.3, -0.25) is 4.79 Å². The third kappa shape index (κ3) is 8.40. The fourth-order valence-electron chi connectivity index (χ4n) is 4.10. The van der Waals surface area contributed by atoms with Gasteiger partial charge in [-0.05, 0) is 106 Å². The van der Waals surface area contributed by atoms with Gasteiger partial charge in [0.15, 0.2) is 11.6 Å². The molecule has 0 fully saturated rings. The predicted molar refractivity (Wildman–Crippen MR) is 170 cm³/mol. The molecule has 0 aliphatic carbocycles. The summed E-state index contributed by atoms with van der Waals surface area (Å²) in [6.45, 7) is 12.3. The standard InChI is InChI=1S/C12H7ClNO.2C11H13N3.Os/c13-12(15)10-5-3-4-9(8-10)11-6-1-2-7-14-11;2*1-8-9(2)13-14(10(8)3)11-6-4-5-7-12-11;/h1-3,5-8H;2*4-7H,1-3H3;/q-1;;;+1. The van der Waals surface area contributed by atoms with E-state index in [4.69, 9.17) is 11.6 Å². The molecule has 0 atom stereocenters. The number of halogens is 1. The van der Waals surface area contributed by atoms with Crippen LogP contribution in [0.2, 0.25) is 0 Å². The SMILES string of the molecule is Cc1nn(-c2ccccn2)c(C)c1C.Cc1nn(-c2ccccn2)c(C)c1C.O=C(Cl)c1cc[c-]c(-c2ccccn2)c1.[Os+]. The molecule has 8 nitrogen and oxygen atoms in total. The molecule has 0 aliphatic rings. The van der Waals surface area contributed by atoms with Gasteiger partial charge in [-0.2, -0.15) is 10.2 Å². The van der Waals surface area contributed by atoms with Crippen LogP contribution in [0.4, 0.5) is 0 Å². The molecule has 0 bridgehead atoms. The number of benzene rings is 1. The number of nitrogens with zero attached hydrogens (tertiary/aromatic N) is 7. The molecule has 0 spiro atoms. The summed E-state index contributed by atoms with van der Waals surface area (Å²) in [6, 6.07) is 25.2. The molecule has 1 aromatic carbocycles. The molecule has 6 rings (SSSR count). The van der Waals surface area contributed by atoms with Crippen LogP contribution in [0.1, 0.15) is 44.3 Å². The van der Waals surface area contributed by atoms with Gasteiger partial charge in [0.25, 0.3) is 0 Å². The predicted octanol–water partition coefficient (Wildman–Crippen LogP) is 7.31. The summed E-state index contributed by atoms with van der Waals surface area (Å²) in [5.74, 6) is 1.75. The van der Waals surface area contributed by atoms with Crippen LogP contribution >= 0.6 is 11.6 Å². The molecule has 5 aromatic heterocycles. The van der Waals surface area contributed by atoms with Crippen molar-refractivity contribution in [1.82, 2.24) is 34.5 Å². The van der Waals surface area contributed by atoms with Crippen molar-refractivity contribution >= 4 is 16.8 Å². The molecule has 0 aliphatic heterocycles. The minimum Gasteiger partial charge on any atom is -0.305 e. The van der Waals surface area contributed by atoms with E-state index in [1.165, 1.54) is 11.1 Å². The van der Waals surface area contributed by atoms with Crippen molar-refractivity contribution in [3.05, 3.63) is 137 Å². The average molecular weight is 781 g/mol. The second-order valence-electron chi connectivity index (χ2n) is 9.77. The Bertz CT molecular complexity index is 1720. The Balaban J connectivity index is 0.000000178. The summed E-state index contributed by atoms with van der Waals surface area (Å²) in [7, 11) is 0. The molecular weight excluding hydrogens is 748 g/mol. The Hall–Kier alpha value is -4.31. The number of carbonyl (C=O) groups excluding carboxylic acids is 1. The van der Waals surface area contributed by atoms with Crippen LogP contribution in [-0.4, -0.2) is 39.8 Å². The Labute approximate surface area is 276 Å². The molecule has 0 saturated heterocycles. The molecule has 1 radical (unpaired) electrons. The molecule has 0 unspecified atom stereocenters. The molecule has 0 saturated carbocycles. The van der Waals surface area contributed by atoms with E-state index in [0.717, 1.165) is 45.7 Å². The number of aromatic nitrogens is 7. The summed E-state index contributed by atoms with van der Waals surface area (Å²) in [5, 5.41) is 8.40. The molecule has 0 amide bonds. The number of hydrogen-bond donors (Lipinski definition) is 0. The number of carbonyl (C=O) groups is 1. The summed E-state index contributed by atoms with van der Waals surface area (Å²) < 4.78 is 3.76. The Morgan fingerprint density at radius 2 is 1.16 bits per heavy atom. The molecule has 225 valence electrons. The van der Waals surface area contributed by atoms with E-state index in [9.17, 15) is 4.79 Å². The normalized spacial score (nSPS) is 10.1. The first-order valence-corrected chi connectivity index (χ1v) is 14.1. The Kier molecular flexibility index (Phi) is 12.4. The topological polar surface area (TPSA) is 91.4 Å². The van der Waals surface area contributed by atoms with Gasteiger partial charge in [0.2, 0.25) is 5.24 Å². The van der Waals surface area contributed by atoms with Crippen molar-refractivity contribution in [3.8, 4) is 22.9 Å². The van der Waals surface area contributed by atoms with Crippen molar-refractivity contribution in [3.63, 3.8) is 0 Å². The monoisotopic (exact) mass is 782 g/mol. The quantitative estimate of drug-likeness (QED) is 0.138. The first kappa shape index (κ1) is 34.2. The molecule has 44 heavy (non-hydrogen) atoms. The van der Waals surface area contributed by atoms with Gasteiger partial charge in [-0.25, -0.2) is 19.3 Å². The van der Waals surface area contributed by atoms with Gasteiger partial charge in [0.05, 0.1) is 11.4 Å². The first-order valence-electron chi connectivity index (χ1n) is 13.7. The van der Waals surface area contributed by atoms with Crippen LogP contribution in [0.3, 0.4) is 0 Å². The fourth-order valence-corrected chi connectivity index (χ4v) is 4.22. The smallest absolute Gasteiger partial charge is 0.305 e. The summed E-state index contributed by atoms with van der Waals surface area (Å²) in [6.07, 6.45) is 5.25. The van der Waals surface area contributed by atoms with Gasteiger partial charge in [0, 0.05) is 30.0 Å². The minimum absolute atomic E-state index is 0. The zero-order chi connectivity index (χ0) is 30.9. The van der Waals surface area contributed by atoms with Crippen LogP contribution in [0.5, 0.6) is 0 Å². The minimum atomic E-state index is -0.471. The third-order valence-corrected chi connectivity index (χ3v) is 7.23. The molecule has 10 heteroatoms. The zero-order valence-corrected chi connectivity index (χ0v) is 28.7. The van der Waals surface area contributed by atoms with Crippen molar-refractivity contribution < 1.29 is 24.6 Å². The van der Waals surface area contributed by atoms with Gasteiger partial charge >= 0.3 is 19.8 Å². The second kappa shape index (κ2) is 16.0. The number of hydrogen-bond acceptors (Lipinski definition) is 6. The van der Waals surface area contributed by atoms with E-state index >= 15 is 0 Å². The molecule has 0 N–H and O–H groups in total. The van der Waals surface area contributed by atoms with Crippen LogP contribution in [-0.2, 0) is 19.8 Å². The van der Waals surface area contributed by atoms with Crippen LogP contribution < -0.4 is 0 Å². The van der Waals surface area contributed by atoms with E-state index in [1.54, 1.807) is 36.8 Å². The van der Waals surface area contributed by atoms with Crippen LogP contribution in [0.15, 0.2) is 91.4 Å². The largest absolute Gasteiger partial charge is 1.00 e. The van der Waals surface area contributed by atoms with E-state index < -0.39 is 5.24 Å². The van der Waals surface area contributed by atoms with E-state index in [0.29, 0.717) is 5.56 Å². The second-order valence-corrected chi connectivity index (χ2v) is 10.1. The first-order chi connectivity index (χ1) is 20.7. The average Bonchev–Trinajstić information content (AvgIpc) is 3.46. The third-order valence-electron chi connectivity index (χ3n) is 7.01. The van der Waals surface area contributed by atoms with Crippen LogP contribution in [0.25, 0.3) is 22.9 Å². The maximum absolute atomic E-state index is 11.0. The number of aryl methyl sites for hydroxylation is 2. The van der Waals surface area contributed by atoms with E-state index in [2.05, 4.69) is 58.9 Å². The Morgan fingerprint density at radius 3 is 1.52 bits per heavy atom. The van der Waals surface area contributed by atoms with Crippen molar-refractivity contribution in [1.29, 1.82) is 0 Å². The van der Waals surface area contributed by atoms with E-state index in [1.807, 2.05) is 77.8 Å². The number of pyridine rings is 3.